The zero-order chi connectivity index (χ0) is 37.5. The first-order chi connectivity index (χ1) is 28.2. The second-order valence-corrected chi connectivity index (χ2v) is 14.3. The smallest absolute Gasteiger partial charge is 0.167 e. The van der Waals surface area contributed by atoms with Crippen molar-refractivity contribution in [1.29, 1.82) is 0 Å². The second-order valence-electron chi connectivity index (χ2n) is 14.3. The summed E-state index contributed by atoms with van der Waals surface area (Å²) >= 11 is 0. The summed E-state index contributed by atoms with van der Waals surface area (Å²) in [6.45, 7) is 0. The Hall–Kier alpha value is -7.83. The highest BCUT2D eigenvalue weighted by Crippen LogP contribution is 2.42. The molecule has 0 saturated heterocycles. The van der Waals surface area contributed by atoms with Crippen LogP contribution < -0.4 is 0 Å². The molecule has 0 radical (unpaired) electrons. The first-order valence-electron chi connectivity index (χ1n) is 18.9. The average molecular weight is 732 g/mol. The summed E-state index contributed by atoms with van der Waals surface area (Å²) in [4.78, 5) is 15.2. The quantitative estimate of drug-likeness (QED) is 0.175. The summed E-state index contributed by atoms with van der Waals surface area (Å²) in [5, 5.41) is 6.26. The van der Waals surface area contributed by atoms with Gasteiger partial charge in [-0.25, -0.2) is 15.0 Å². The van der Waals surface area contributed by atoms with Crippen LogP contribution in [0.25, 0.3) is 122 Å². The maximum Gasteiger partial charge on any atom is 0.167 e. The van der Waals surface area contributed by atoms with Gasteiger partial charge in [0.1, 0.15) is 33.5 Å². The van der Waals surface area contributed by atoms with Gasteiger partial charge in [-0.1, -0.05) is 127 Å². The summed E-state index contributed by atoms with van der Waals surface area (Å²) in [6.07, 6.45) is 0. The van der Waals surface area contributed by atoms with E-state index in [1.807, 2.05) is 91.0 Å². The number of hydrogen-bond acceptors (Lipinski definition) is 6. The SMILES string of the molecule is c1ccc(-c2nc(-c3cccc4c3oc3ccccc34)nc(-c3cccc4c3oc3cc(-c5cc(-c6ccccc6)c6c(c5)oc5ccccc56)ccc34)n2)cc1. The van der Waals surface area contributed by atoms with Gasteiger partial charge in [-0.2, -0.15) is 0 Å². The van der Waals surface area contributed by atoms with Crippen molar-refractivity contribution in [3.05, 3.63) is 176 Å². The zero-order valence-corrected chi connectivity index (χ0v) is 30.3. The van der Waals surface area contributed by atoms with Crippen molar-refractivity contribution in [2.24, 2.45) is 0 Å². The average Bonchev–Trinajstić information content (AvgIpc) is 3.97. The van der Waals surface area contributed by atoms with Gasteiger partial charge in [0.05, 0.1) is 11.1 Å². The molecule has 4 aromatic heterocycles. The van der Waals surface area contributed by atoms with Gasteiger partial charge in [-0.3, -0.25) is 0 Å². The number of benzene rings is 8. The molecule has 12 aromatic rings. The van der Waals surface area contributed by atoms with Crippen LogP contribution in [0.1, 0.15) is 0 Å². The standard InChI is InChI=1S/C51H29N3O3/c1-3-13-30(14-4-1)41-27-33(29-45-46(41)38-18-8-10-24-43(38)55-45)32-25-26-35-37-20-12-22-40(48(37)57-44(35)28-32)51-53-49(31-15-5-2-6-16-31)52-50(54-51)39-21-11-19-36-34-17-7-9-23-42(34)56-47(36)39/h1-29H. The van der Waals surface area contributed by atoms with Crippen LogP contribution in [0.5, 0.6) is 0 Å². The Morgan fingerprint density at radius 1 is 0.281 bits per heavy atom. The topological polar surface area (TPSA) is 78.1 Å². The van der Waals surface area contributed by atoms with Crippen LogP contribution >= 0.6 is 0 Å². The summed E-state index contributed by atoms with van der Waals surface area (Å²) in [7, 11) is 0. The van der Waals surface area contributed by atoms with Gasteiger partial charge in [0.15, 0.2) is 17.5 Å². The van der Waals surface area contributed by atoms with E-state index in [0.717, 1.165) is 99.2 Å². The minimum atomic E-state index is 0.514. The number of fused-ring (bicyclic) bond motifs is 9. The van der Waals surface area contributed by atoms with Crippen molar-refractivity contribution < 1.29 is 13.3 Å². The maximum atomic E-state index is 6.81. The molecule has 0 fully saturated rings. The fraction of sp³-hybridized carbons (Fsp3) is 0. The van der Waals surface area contributed by atoms with E-state index in [2.05, 4.69) is 84.9 Å². The molecule has 0 aliphatic carbocycles. The van der Waals surface area contributed by atoms with Crippen molar-refractivity contribution >= 4 is 65.8 Å². The molecule has 0 N–H and O–H groups in total. The Balaban J connectivity index is 1.04. The van der Waals surface area contributed by atoms with Crippen LogP contribution in [0.2, 0.25) is 0 Å². The molecule has 6 nitrogen and oxygen atoms in total. The number of para-hydroxylation sites is 4. The summed E-state index contributed by atoms with van der Waals surface area (Å²) in [6, 6.07) is 59.9. The number of furan rings is 3. The third kappa shape index (κ3) is 5.01. The molecule has 0 unspecified atom stereocenters. The first-order valence-corrected chi connectivity index (χ1v) is 18.9. The molecular formula is C51H29N3O3. The Labute approximate surface area is 325 Å². The van der Waals surface area contributed by atoms with Crippen molar-refractivity contribution in [2.45, 2.75) is 0 Å². The molecule has 0 amide bonds. The van der Waals surface area contributed by atoms with Gasteiger partial charge >= 0.3 is 0 Å². The minimum absolute atomic E-state index is 0.514. The minimum Gasteiger partial charge on any atom is -0.456 e. The lowest BCUT2D eigenvalue weighted by Gasteiger charge is -2.09. The third-order valence-electron chi connectivity index (χ3n) is 10.9. The molecule has 12 rings (SSSR count). The highest BCUT2D eigenvalue weighted by molar-refractivity contribution is 6.15. The third-order valence-corrected chi connectivity index (χ3v) is 10.9. The molecule has 266 valence electrons. The Morgan fingerprint density at radius 2 is 0.807 bits per heavy atom. The molecule has 0 aliphatic rings. The van der Waals surface area contributed by atoms with E-state index in [-0.39, 0.29) is 0 Å². The molecule has 4 heterocycles. The molecule has 0 aliphatic heterocycles. The lowest BCUT2D eigenvalue weighted by molar-refractivity contribution is 0.668. The van der Waals surface area contributed by atoms with Crippen LogP contribution in [0.4, 0.5) is 0 Å². The van der Waals surface area contributed by atoms with E-state index in [9.17, 15) is 0 Å². The van der Waals surface area contributed by atoms with Gasteiger partial charge in [0.2, 0.25) is 0 Å². The summed E-state index contributed by atoms with van der Waals surface area (Å²) in [5.41, 5.74) is 11.5. The lowest BCUT2D eigenvalue weighted by atomic mass is 9.94. The molecule has 0 atom stereocenters. The predicted octanol–water partition coefficient (Wildman–Crippen LogP) is 13.9. The van der Waals surface area contributed by atoms with Crippen molar-refractivity contribution in [3.63, 3.8) is 0 Å². The normalized spacial score (nSPS) is 11.9. The molecule has 0 spiro atoms. The second kappa shape index (κ2) is 12.3. The number of rotatable bonds is 5. The van der Waals surface area contributed by atoms with E-state index >= 15 is 0 Å². The maximum absolute atomic E-state index is 6.81. The van der Waals surface area contributed by atoms with Crippen molar-refractivity contribution in [3.8, 4) is 56.4 Å². The predicted molar refractivity (Wildman–Crippen MR) is 229 cm³/mol. The molecule has 57 heavy (non-hydrogen) atoms. The fourth-order valence-electron chi connectivity index (χ4n) is 8.28. The largest absolute Gasteiger partial charge is 0.456 e. The molecule has 0 bridgehead atoms. The van der Waals surface area contributed by atoms with Crippen LogP contribution in [0, 0.1) is 0 Å². The molecule has 0 saturated carbocycles. The van der Waals surface area contributed by atoms with Crippen LogP contribution in [0.15, 0.2) is 189 Å². The molecule has 6 heteroatoms. The molecular weight excluding hydrogens is 703 g/mol. The lowest BCUT2D eigenvalue weighted by Crippen LogP contribution is -2.00. The van der Waals surface area contributed by atoms with Crippen LogP contribution in [0.3, 0.4) is 0 Å². The summed E-state index contributed by atoms with van der Waals surface area (Å²) < 4.78 is 19.7. The highest BCUT2D eigenvalue weighted by atomic mass is 16.3. The number of nitrogens with zero attached hydrogens (tertiary/aromatic N) is 3. The highest BCUT2D eigenvalue weighted by Gasteiger charge is 2.21. The Bertz CT molecular complexity index is 3530. The van der Waals surface area contributed by atoms with Gasteiger partial charge in [-0.05, 0) is 70.8 Å². The van der Waals surface area contributed by atoms with Gasteiger partial charge < -0.3 is 13.3 Å². The zero-order valence-electron chi connectivity index (χ0n) is 30.3. The molecule has 8 aromatic carbocycles. The van der Waals surface area contributed by atoms with E-state index in [1.54, 1.807) is 0 Å². The van der Waals surface area contributed by atoms with Crippen LogP contribution in [-0.2, 0) is 0 Å². The van der Waals surface area contributed by atoms with E-state index in [1.165, 1.54) is 0 Å². The van der Waals surface area contributed by atoms with Crippen molar-refractivity contribution in [1.82, 2.24) is 15.0 Å². The Morgan fingerprint density at radius 3 is 1.51 bits per heavy atom. The monoisotopic (exact) mass is 731 g/mol. The summed E-state index contributed by atoms with van der Waals surface area (Å²) in [5.74, 6) is 1.60. The van der Waals surface area contributed by atoms with E-state index in [0.29, 0.717) is 23.1 Å². The van der Waals surface area contributed by atoms with Gasteiger partial charge in [0, 0.05) is 37.9 Å². The van der Waals surface area contributed by atoms with Crippen molar-refractivity contribution in [2.75, 3.05) is 0 Å². The van der Waals surface area contributed by atoms with Crippen LogP contribution in [-0.4, -0.2) is 15.0 Å². The van der Waals surface area contributed by atoms with E-state index < -0.39 is 0 Å². The number of aromatic nitrogens is 3. The fourth-order valence-corrected chi connectivity index (χ4v) is 8.28. The van der Waals surface area contributed by atoms with Gasteiger partial charge in [-0.15, -0.1) is 0 Å². The van der Waals surface area contributed by atoms with E-state index in [4.69, 9.17) is 28.2 Å². The number of hydrogen-bond donors (Lipinski definition) is 0. The first kappa shape index (κ1) is 31.5. The van der Waals surface area contributed by atoms with Gasteiger partial charge in [0.25, 0.3) is 0 Å². The Kier molecular flexibility index (Phi) is 6.83.